The van der Waals surface area contributed by atoms with Gasteiger partial charge in [0.2, 0.25) is 0 Å². The number of ether oxygens (including phenoxy) is 1. The van der Waals surface area contributed by atoms with Gasteiger partial charge in [-0.1, -0.05) is 29.8 Å². The molecule has 4 aromatic rings. The number of H-pyrrole nitrogens is 1. The third-order valence-electron chi connectivity index (χ3n) is 4.08. The minimum atomic E-state index is -0.130. The monoisotopic (exact) mass is 339 g/mol. The number of nitrogens with one attached hydrogen (secondary N) is 1. The molecular formula is C18H14ClN3O2. The van der Waals surface area contributed by atoms with Crippen molar-refractivity contribution in [1.29, 1.82) is 0 Å². The minimum Gasteiger partial charge on any atom is -0.497 e. The van der Waals surface area contributed by atoms with Crippen molar-refractivity contribution in [3.05, 3.63) is 69.7 Å². The highest BCUT2D eigenvalue weighted by molar-refractivity contribution is 6.31. The molecule has 5 nitrogen and oxygen atoms in total. The topological polar surface area (TPSA) is 59.9 Å². The number of rotatable bonds is 3. The number of fused-ring (bicyclic) bond motifs is 3. The number of hydrogen-bond acceptors (Lipinski definition) is 3. The summed E-state index contributed by atoms with van der Waals surface area (Å²) < 4.78 is 6.78. The van der Waals surface area contributed by atoms with Crippen LogP contribution in [0.1, 0.15) is 5.56 Å². The molecule has 0 saturated heterocycles. The van der Waals surface area contributed by atoms with Gasteiger partial charge in [0.05, 0.1) is 25.5 Å². The van der Waals surface area contributed by atoms with Crippen LogP contribution < -0.4 is 10.3 Å². The zero-order chi connectivity index (χ0) is 16.7. The molecule has 6 heteroatoms. The molecule has 4 rings (SSSR count). The Labute approximate surface area is 142 Å². The first kappa shape index (κ1) is 14.8. The molecule has 1 N–H and O–H groups in total. The van der Waals surface area contributed by atoms with E-state index in [1.165, 1.54) is 0 Å². The first-order valence-electron chi connectivity index (χ1n) is 7.45. The maximum absolute atomic E-state index is 12.8. The van der Waals surface area contributed by atoms with Crippen molar-refractivity contribution in [3.8, 4) is 5.75 Å². The molecule has 0 amide bonds. The quantitative estimate of drug-likeness (QED) is 0.620. The third kappa shape index (κ3) is 2.34. The Morgan fingerprint density at radius 1 is 1.25 bits per heavy atom. The molecule has 0 aliphatic carbocycles. The largest absolute Gasteiger partial charge is 0.497 e. The van der Waals surface area contributed by atoms with Crippen LogP contribution in [0.5, 0.6) is 5.75 Å². The first-order chi connectivity index (χ1) is 11.7. The van der Waals surface area contributed by atoms with Gasteiger partial charge in [0.1, 0.15) is 16.8 Å². The van der Waals surface area contributed by atoms with E-state index in [9.17, 15) is 4.79 Å². The van der Waals surface area contributed by atoms with Gasteiger partial charge in [0.15, 0.2) is 0 Å². The highest BCUT2D eigenvalue weighted by atomic mass is 35.5. The summed E-state index contributed by atoms with van der Waals surface area (Å²) in [6.45, 7) is 0.375. The molecule has 0 fully saturated rings. The fourth-order valence-electron chi connectivity index (χ4n) is 2.82. The van der Waals surface area contributed by atoms with Crippen molar-refractivity contribution in [2.75, 3.05) is 7.11 Å². The molecule has 0 aliphatic heterocycles. The van der Waals surface area contributed by atoms with Crippen molar-refractivity contribution in [2.24, 2.45) is 0 Å². The van der Waals surface area contributed by atoms with Crippen LogP contribution in [0.2, 0.25) is 5.02 Å². The number of hydrogen-bond donors (Lipinski definition) is 1. The molecule has 24 heavy (non-hydrogen) atoms. The van der Waals surface area contributed by atoms with E-state index in [0.29, 0.717) is 22.6 Å². The van der Waals surface area contributed by atoms with Gasteiger partial charge in [0, 0.05) is 16.5 Å². The summed E-state index contributed by atoms with van der Waals surface area (Å²) >= 11 is 6.18. The number of methoxy groups -OCH3 is 1. The van der Waals surface area contributed by atoms with Gasteiger partial charge < -0.3 is 9.72 Å². The van der Waals surface area contributed by atoms with Crippen molar-refractivity contribution < 1.29 is 4.74 Å². The third-order valence-corrected chi connectivity index (χ3v) is 4.45. The van der Waals surface area contributed by atoms with Crippen LogP contribution in [0.25, 0.3) is 21.9 Å². The van der Waals surface area contributed by atoms with Gasteiger partial charge in [-0.2, -0.15) is 0 Å². The van der Waals surface area contributed by atoms with Gasteiger partial charge in [-0.05, 0) is 23.8 Å². The lowest BCUT2D eigenvalue weighted by molar-refractivity contribution is 0.415. The lowest BCUT2D eigenvalue weighted by Gasteiger charge is -2.06. The van der Waals surface area contributed by atoms with E-state index >= 15 is 0 Å². The molecule has 2 heterocycles. The second-order valence-corrected chi connectivity index (χ2v) is 5.94. The molecule has 0 aliphatic rings. The maximum Gasteiger partial charge on any atom is 0.277 e. The SMILES string of the molecule is COc1ccc2c(c1)[nH]c1c(=O)n(Cc3ccccc3Cl)cnc12. The zero-order valence-corrected chi connectivity index (χ0v) is 13.7. The Hall–Kier alpha value is -2.79. The molecule has 0 unspecified atom stereocenters. The number of halogens is 1. The second kappa shape index (κ2) is 5.69. The van der Waals surface area contributed by atoms with Gasteiger partial charge in [0.25, 0.3) is 5.56 Å². The van der Waals surface area contributed by atoms with Gasteiger partial charge in [-0.25, -0.2) is 4.98 Å². The lowest BCUT2D eigenvalue weighted by Crippen LogP contribution is -2.21. The number of aromatic amines is 1. The molecule has 2 aromatic heterocycles. The maximum atomic E-state index is 12.8. The van der Waals surface area contributed by atoms with Crippen molar-refractivity contribution in [2.45, 2.75) is 6.54 Å². The van der Waals surface area contributed by atoms with E-state index in [0.717, 1.165) is 22.2 Å². The van der Waals surface area contributed by atoms with E-state index in [4.69, 9.17) is 16.3 Å². The van der Waals surface area contributed by atoms with Crippen LogP contribution >= 0.6 is 11.6 Å². The molecule has 0 bridgehead atoms. The van der Waals surface area contributed by atoms with E-state index in [1.54, 1.807) is 18.0 Å². The molecule has 0 radical (unpaired) electrons. The highest BCUT2D eigenvalue weighted by Crippen LogP contribution is 2.25. The normalized spacial score (nSPS) is 11.2. The Morgan fingerprint density at radius 3 is 2.88 bits per heavy atom. The van der Waals surface area contributed by atoms with Crippen molar-refractivity contribution in [1.82, 2.24) is 14.5 Å². The predicted octanol–water partition coefficient (Wildman–Crippen LogP) is 3.59. The summed E-state index contributed by atoms with van der Waals surface area (Å²) in [5.41, 5.74) is 2.71. The van der Waals surface area contributed by atoms with Crippen LogP contribution in [-0.4, -0.2) is 21.6 Å². The highest BCUT2D eigenvalue weighted by Gasteiger charge is 2.12. The number of nitrogens with zero attached hydrogens (tertiary/aromatic N) is 2. The van der Waals surface area contributed by atoms with E-state index < -0.39 is 0 Å². The predicted molar refractivity (Wildman–Crippen MR) is 95.0 cm³/mol. The van der Waals surface area contributed by atoms with Gasteiger partial charge >= 0.3 is 0 Å². The van der Waals surface area contributed by atoms with Crippen LogP contribution in [0.3, 0.4) is 0 Å². The summed E-state index contributed by atoms with van der Waals surface area (Å²) in [4.78, 5) is 20.4. The molecule has 0 saturated carbocycles. The minimum absolute atomic E-state index is 0.130. The second-order valence-electron chi connectivity index (χ2n) is 5.53. The first-order valence-corrected chi connectivity index (χ1v) is 7.83. The van der Waals surface area contributed by atoms with E-state index in [-0.39, 0.29) is 5.56 Å². The molecule has 0 spiro atoms. The Balaban J connectivity index is 1.87. The Kier molecular flexibility index (Phi) is 3.50. The summed E-state index contributed by atoms with van der Waals surface area (Å²) in [7, 11) is 1.61. The van der Waals surface area contributed by atoms with Crippen LogP contribution in [0.15, 0.2) is 53.6 Å². The van der Waals surface area contributed by atoms with Crippen LogP contribution in [-0.2, 0) is 6.54 Å². The zero-order valence-electron chi connectivity index (χ0n) is 12.9. The number of benzene rings is 2. The fraction of sp³-hybridized carbons (Fsp3) is 0.111. The summed E-state index contributed by atoms with van der Waals surface area (Å²) in [6, 6.07) is 13.1. The molecule has 120 valence electrons. The molecular weight excluding hydrogens is 326 g/mol. The van der Waals surface area contributed by atoms with Crippen molar-refractivity contribution >= 4 is 33.5 Å². The fourth-order valence-corrected chi connectivity index (χ4v) is 3.02. The standard InChI is InChI=1S/C18H14ClN3O2/c1-24-12-6-7-13-15(8-12)21-17-16(13)20-10-22(18(17)23)9-11-4-2-3-5-14(11)19/h2-8,10,21H,9H2,1H3. The average molecular weight is 340 g/mol. The Morgan fingerprint density at radius 2 is 2.08 bits per heavy atom. The van der Waals surface area contributed by atoms with E-state index in [1.807, 2.05) is 42.5 Å². The smallest absolute Gasteiger partial charge is 0.277 e. The summed E-state index contributed by atoms with van der Waals surface area (Å²) in [6.07, 6.45) is 1.56. The van der Waals surface area contributed by atoms with E-state index in [2.05, 4.69) is 9.97 Å². The number of aromatic nitrogens is 3. The van der Waals surface area contributed by atoms with Crippen molar-refractivity contribution in [3.63, 3.8) is 0 Å². The lowest BCUT2D eigenvalue weighted by atomic mass is 10.2. The van der Waals surface area contributed by atoms with Crippen LogP contribution in [0.4, 0.5) is 0 Å². The summed E-state index contributed by atoms with van der Waals surface area (Å²) in [5.74, 6) is 0.727. The van der Waals surface area contributed by atoms with Gasteiger partial charge in [-0.3, -0.25) is 9.36 Å². The van der Waals surface area contributed by atoms with Crippen LogP contribution in [0, 0.1) is 0 Å². The Bertz CT molecular complexity index is 1110. The average Bonchev–Trinajstić information content (AvgIpc) is 2.97. The van der Waals surface area contributed by atoms with Gasteiger partial charge in [-0.15, -0.1) is 0 Å². The molecule has 0 atom stereocenters. The molecule has 2 aromatic carbocycles. The summed E-state index contributed by atoms with van der Waals surface area (Å²) in [5, 5.41) is 1.53.